The van der Waals surface area contributed by atoms with E-state index in [1.54, 1.807) is 12.1 Å². The molecule has 0 aromatic heterocycles. The molecular weight excluding hydrogens is 527 g/mol. The van der Waals surface area contributed by atoms with Crippen LogP contribution < -0.4 is 5.32 Å². The molecule has 1 heterocycles. The lowest BCUT2D eigenvalue weighted by Crippen LogP contribution is -2.52. The van der Waals surface area contributed by atoms with Gasteiger partial charge in [0.1, 0.15) is 0 Å². The first-order valence-corrected chi connectivity index (χ1v) is 13.5. The van der Waals surface area contributed by atoms with E-state index in [0.29, 0.717) is 49.2 Å². The largest absolute Gasteiger partial charge is 0.416 e. The molecule has 0 bridgehead atoms. The minimum absolute atomic E-state index is 0.0223. The smallest absolute Gasteiger partial charge is 0.368 e. The van der Waals surface area contributed by atoms with Gasteiger partial charge in [0.05, 0.1) is 18.3 Å². The number of alkyl halides is 3. The van der Waals surface area contributed by atoms with Crippen molar-refractivity contribution in [3.63, 3.8) is 0 Å². The van der Waals surface area contributed by atoms with Gasteiger partial charge in [-0.05, 0) is 47.4 Å². The van der Waals surface area contributed by atoms with Gasteiger partial charge in [0.2, 0.25) is 0 Å². The van der Waals surface area contributed by atoms with Crippen molar-refractivity contribution in [1.82, 2.24) is 15.1 Å². The van der Waals surface area contributed by atoms with Gasteiger partial charge in [0, 0.05) is 49.7 Å². The van der Waals surface area contributed by atoms with Crippen molar-refractivity contribution in [2.75, 3.05) is 32.7 Å². The topological polar surface area (TPSA) is 44.8 Å². The Hall–Kier alpha value is -3.07. The van der Waals surface area contributed by atoms with E-state index in [1.807, 2.05) is 35.2 Å². The van der Waals surface area contributed by atoms with E-state index in [1.165, 1.54) is 17.7 Å². The molecule has 3 atom stereocenters. The molecule has 2 aliphatic rings. The van der Waals surface area contributed by atoms with Crippen LogP contribution >= 0.6 is 11.6 Å². The zero-order valence-electron chi connectivity index (χ0n) is 21.4. The van der Waals surface area contributed by atoms with Gasteiger partial charge in [-0.15, -0.1) is 0 Å². The number of amides is 2. The molecule has 1 aliphatic carbocycles. The number of carbonyl (C=O) groups is 1. The first-order chi connectivity index (χ1) is 18.8. The quantitative estimate of drug-likeness (QED) is 0.344. The molecule has 0 spiro atoms. The average Bonchev–Trinajstić information content (AvgIpc) is 3.71. The summed E-state index contributed by atoms with van der Waals surface area (Å²) in [5.41, 5.74) is 2.18. The van der Waals surface area contributed by atoms with E-state index in [9.17, 15) is 18.0 Å². The number of nitrogens with one attached hydrogen (secondary N) is 1. The zero-order valence-corrected chi connectivity index (χ0v) is 22.2. The molecule has 1 saturated heterocycles. The third-order valence-corrected chi connectivity index (χ3v) is 7.64. The van der Waals surface area contributed by atoms with Crippen LogP contribution in [0.5, 0.6) is 0 Å². The van der Waals surface area contributed by atoms with Crippen LogP contribution in [0.15, 0.2) is 78.9 Å². The number of urea groups is 1. The first-order valence-electron chi connectivity index (χ1n) is 13.1. The molecule has 1 saturated carbocycles. The summed E-state index contributed by atoms with van der Waals surface area (Å²) in [4.78, 5) is 16.9. The molecule has 9 heteroatoms. The number of hydrogen-bond acceptors (Lipinski definition) is 3. The minimum atomic E-state index is -4.37. The molecule has 206 valence electrons. The van der Waals surface area contributed by atoms with E-state index in [4.69, 9.17) is 16.3 Å². The van der Waals surface area contributed by atoms with E-state index in [-0.39, 0.29) is 24.8 Å². The van der Waals surface area contributed by atoms with E-state index >= 15 is 0 Å². The molecule has 1 N–H and O–H groups in total. The van der Waals surface area contributed by atoms with Gasteiger partial charge in [-0.25, -0.2) is 4.79 Å². The van der Waals surface area contributed by atoms with Gasteiger partial charge in [0.15, 0.2) is 0 Å². The Labute approximate surface area is 231 Å². The number of nitrogens with zero attached hydrogens (tertiary/aromatic N) is 2. The summed E-state index contributed by atoms with van der Waals surface area (Å²) < 4.78 is 44.9. The highest BCUT2D eigenvalue weighted by Crippen LogP contribution is 2.40. The lowest BCUT2D eigenvalue weighted by molar-refractivity contribution is -0.137. The summed E-state index contributed by atoms with van der Waals surface area (Å²) >= 11 is 6.08. The second kappa shape index (κ2) is 12.0. The van der Waals surface area contributed by atoms with Crippen LogP contribution in [-0.2, 0) is 17.5 Å². The van der Waals surface area contributed by atoms with Gasteiger partial charge >= 0.3 is 12.2 Å². The Morgan fingerprint density at radius 1 is 0.949 bits per heavy atom. The molecule has 3 aromatic rings. The van der Waals surface area contributed by atoms with Crippen LogP contribution in [-0.4, -0.2) is 54.6 Å². The predicted octanol–water partition coefficient (Wildman–Crippen LogP) is 6.50. The van der Waals surface area contributed by atoms with Gasteiger partial charge in [0.25, 0.3) is 0 Å². The first kappa shape index (κ1) is 27.5. The lowest BCUT2D eigenvalue weighted by Gasteiger charge is -2.36. The summed E-state index contributed by atoms with van der Waals surface area (Å²) in [5.74, 6) is 0.387. The van der Waals surface area contributed by atoms with Gasteiger partial charge in [-0.1, -0.05) is 66.2 Å². The minimum Gasteiger partial charge on any atom is -0.368 e. The Morgan fingerprint density at radius 3 is 2.26 bits per heavy atom. The van der Waals surface area contributed by atoms with Crippen molar-refractivity contribution in [3.8, 4) is 0 Å². The maximum Gasteiger partial charge on any atom is 0.416 e. The van der Waals surface area contributed by atoms with Gasteiger partial charge in [-0.2, -0.15) is 13.2 Å². The van der Waals surface area contributed by atoms with Gasteiger partial charge in [-0.3, -0.25) is 4.90 Å². The Bertz CT molecular complexity index is 1230. The summed E-state index contributed by atoms with van der Waals surface area (Å²) in [6, 6.07) is 22.9. The van der Waals surface area contributed by atoms with Crippen LogP contribution in [0.25, 0.3) is 0 Å². The molecule has 1 aliphatic heterocycles. The number of benzene rings is 3. The van der Waals surface area contributed by atoms with Crippen LogP contribution in [0.1, 0.15) is 40.7 Å². The third-order valence-electron chi connectivity index (χ3n) is 7.38. The predicted molar refractivity (Wildman–Crippen MR) is 145 cm³/mol. The number of piperazine rings is 1. The lowest BCUT2D eigenvalue weighted by atomic mass is 10.1. The van der Waals surface area contributed by atoms with Gasteiger partial charge < -0.3 is 15.0 Å². The second-order valence-electron chi connectivity index (χ2n) is 10.1. The van der Waals surface area contributed by atoms with Crippen molar-refractivity contribution in [2.45, 2.75) is 37.3 Å². The molecule has 39 heavy (non-hydrogen) atoms. The standard InChI is InChI=1S/C30H31ClF3N3O2/c31-25-12-8-23(9-13-25)28(39-20-21-6-10-24(11-7-21)30(32,33)34)19-36-14-16-37(17-15-36)29(38)35-27-18-26(27)22-4-2-1-3-5-22/h1-13,26-28H,14-20H2,(H,35,38)/t26-,27?,28?/m0/s1. The van der Waals surface area contributed by atoms with Crippen LogP contribution in [0.3, 0.4) is 0 Å². The van der Waals surface area contributed by atoms with Crippen molar-refractivity contribution in [2.24, 2.45) is 0 Å². The van der Waals surface area contributed by atoms with E-state index in [0.717, 1.165) is 24.1 Å². The van der Waals surface area contributed by atoms with E-state index in [2.05, 4.69) is 22.3 Å². The zero-order chi connectivity index (χ0) is 27.4. The molecule has 0 radical (unpaired) electrons. The number of ether oxygens (including phenoxy) is 1. The van der Waals surface area contributed by atoms with E-state index < -0.39 is 11.7 Å². The molecule has 3 aromatic carbocycles. The summed E-state index contributed by atoms with van der Waals surface area (Å²) in [6.07, 6.45) is -3.70. The number of halogens is 4. The normalized spacial score (nSPS) is 20.5. The SMILES string of the molecule is O=C(NC1C[C@H]1c1ccccc1)N1CCN(CC(OCc2ccc(C(F)(F)F)cc2)c2ccc(Cl)cc2)CC1. The fourth-order valence-corrected chi connectivity index (χ4v) is 5.09. The second-order valence-corrected chi connectivity index (χ2v) is 10.6. The highest BCUT2D eigenvalue weighted by atomic mass is 35.5. The maximum atomic E-state index is 12.9. The monoisotopic (exact) mass is 557 g/mol. The maximum absolute atomic E-state index is 12.9. The number of carbonyl (C=O) groups excluding carboxylic acids is 1. The van der Waals surface area contributed by atoms with Crippen molar-refractivity contribution in [3.05, 3.63) is 106 Å². The highest BCUT2D eigenvalue weighted by Gasteiger charge is 2.40. The van der Waals surface area contributed by atoms with Crippen LogP contribution in [0.2, 0.25) is 5.02 Å². The Balaban J connectivity index is 1.14. The summed E-state index contributed by atoms with van der Waals surface area (Å²) in [7, 11) is 0. The van der Waals surface area contributed by atoms with Crippen LogP contribution in [0, 0.1) is 0 Å². The molecule has 2 fully saturated rings. The Morgan fingerprint density at radius 2 is 1.62 bits per heavy atom. The summed E-state index contributed by atoms with van der Waals surface area (Å²) in [5, 5.41) is 3.79. The average molecular weight is 558 g/mol. The molecular formula is C30H31ClF3N3O2. The third kappa shape index (κ3) is 7.32. The van der Waals surface area contributed by atoms with Crippen molar-refractivity contribution in [1.29, 1.82) is 0 Å². The molecule has 5 rings (SSSR count). The fraction of sp³-hybridized carbons (Fsp3) is 0.367. The molecule has 5 nitrogen and oxygen atoms in total. The highest BCUT2D eigenvalue weighted by molar-refractivity contribution is 6.30. The summed E-state index contributed by atoms with van der Waals surface area (Å²) in [6.45, 7) is 3.40. The number of rotatable bonds is 8. The van der Waals surface area contributed by atoms with Crippen molar-refractivity contribution >= 4 is 17.6 Å². The van der Waals surface area contributed by atoms with Crippen LogP contribution in [0.4, 0.5) is 18.0 Å². The number of hydrogen-bond donors (Lipinski definition) is 1. The molecule has 2 unspecified atom stereocenters. The molecule has 2 amide bonds. The Kier molecular flexibility index (Phi) is 8.45. The fourth-order valence-electron chi connectivity index (χ4n) is 4.96. The van der Waals surface area contributed by atoms with Crippen molar-refractivity contribution < 1.29 is 22.7 Å².